The van der Waals surface area contributed by atoms with Crippen molar-refractivity contribution >= 4 is 12.4 Å². The van der Waals surface area contributed by atoms with E-state index in [1.165, 1.54) is 6.07 Å². The Morgan fingerprint density at radius 1 is 1.37 bits per heavy atom. The predicted molar refractivity (Wildman–Crippen MR) is 78.8 cm³/mol. The fourth-order valence-electron chi connectivity index (χ4n) is 2.63. The Hall–Kier alpha value is -0.800. The quantitative estimate of drug-likeness (QED) is 0.914. The fraction of sp³-hybridized carbons (Fsp3) is 0.600. The van der Waals surface area contributed by atoms with Gasteiger partial charge in [-0.25, -0.2) is 4.39 Å². The van der Waals surface area contributed by atoms with Gasteiger partial charge in [-0.05, 0) is 56.8 Å². The minimum absolute atomic E-state index is 0. The maximum atomic E-state index is 14.2. The molecule has 0 radical (unpaired) electrons. The van der Waals surface area contributed by atoms with E-state index < -0.39 is 0 Å². The van der Waals surface area contributed by atoms with Crippen molar-refractivity contribution in [1.29, 1.82) is 0 Å². The molecule has 4 heteroatoms. The van der Waals surface area contributed by atoms with E-state index in [9.17, 15) is 4.39 Å². The van der Waals surface area contributed by atoms with E-state index in [0.29, 0.717) is 17.6 Å². The van der Waals surface area contributed by atoms with Gasteiger partial charge in [-0.1, -0.05) is 13.0 Å². The highest BCUT2D eigenvalue weighted by atomic mass is 35.5. The summed E-state index contributed by atoms with van der Waals surface area (Å²) in [7, 11) is 0. The Bertz CT molecular complexity index is 411. The first-order valence-corrected chi connectivity index (χ1v) is 6.74. The third-order valence-corrected chi connectivity index (χ3v) is 3.53. The molecule has 1 aliphatic rings. The molecule has 1 fully saturated rings. The maximum absolute atomic E-state index is 14.2. The van der Waals surface area contributed by atoms with Crippen molar-refractivity contribution in [3.8, 4) is 5.75 Å². The van der Waals surface area contributed by atoms with E-state index in [-0.39, 0.29) is 24.3 Å². The highest BCUT2D eigenvalue weighted by Gasteiger charge is 2.25. The first-order valence-electron chi connectivity index (χ1n) is 6.74. The van der Waals surface area contributed by atoms with E-state index in [4.69, 9.17) is 4.74 Å². The molecule has 2 atom stereocenters. The van der Waals surface area contributed by atoms with E-state index in [1.54, 1.807) is 0 Å². The van der Waals surface area contributed by atoms with Gasteiger partial charge in [0.05, 0.1) is 6.10 Å². The molecule has 1 saturated heterocycles. The van der Waals surface area contributed by atoms with Crippen molar-refractivity contribution in [1.82, 2.24) is 5.32 Å². The maximum Gasteiger partial charge on any atom is 0.130 e. The second-order valence-corrected chi connectivity index (χ2v) is 5.43. The molecular formula is C15H23ClFNO. The van der Waals surface area contributed by atoms with Crippen LogP contribution in [0, 0.1) is 11.7 Å². The summed E-state index contributed by atoms with van der Waals surface area (Å²) in [6.45, 7) is 8.00. The van der Waals surface area contributed by atoms with Crippen molar-refractivity contribution in [2.45, 2.75) is 39.2 Å². The van der Waals surface area contributed by atoms with Crippen LogP contribution >= 0.6 is 12.4 Å². The lowest BCUT2D eigenvalue weighted by atomic mass is 9.82. The van der Waals surface area contributed by atoms with Crippen LogP contribution in [-0.4, -0.2) is 19.2 Å². The molecule has 108 valence electrons. The topological polar surface area (TPSA) is 21.3 Å². The van der Waals surface area contributed by atoms with Crippen LogP contribution in [0.25, 0.3) is 0 Å². The summed E-state index contributed by atoms with van der Waals surface area (Å²) in [6.07, 6.45) is 1.08. The molecule has 1 aromatic rings. The minimum atomic E-state index is -0.132. The van der Waals surface area contributed by atoms with Gasteiger partial charge in [0.1, 0.15) is 11.6 Å². The molecule has 1 aliphatic heterocycles. The monoisotopic (exact) mass is 287 g/mol. The van der Waals surface area contributed by atoms with Gasteiger partial charge in [0, 0.05) is 6.07 Å². The zero-order chi connectivity index (χ0) is 13.1. The number of ether oxygens (including phenoxy) is 1. The van der Waals surface area contributed by atoms with Crippen LogP contribution in [0.15, 0.2) is 18.2 Å². The van der Waals surface area contributed by atoms with Gasteiger partial charge in [-0.2, -0.15) is 0 Å². The molecule has 1 aromatic carbocycles. The summed E-state index contributed by atoms with van der Waals surface area (Å²) in [5.41, 5.74) is 0.833. The fourth-order valence-corrected chi connectivity index (χ4v) is 2.63. The molecule has 2 nitrogen and oxygen atoms in total. The first kappa shape index (κ1) is 16.3. The average Bonchev–Trinajstić information content (AvgIpc) is 2.30. The second kappa shape index (κ2) is 7.11. The number of hydrogen-bond donors (Lipinski definition) is 1. The summed E-state index contributed by atoms with van der Waals surface area (Å²) in [4.78, 5) is 0. The van der Waals surface area contributed by atoms with E-state index in [1.807, 2.05) is 26.0 Å². The molecule has 0 spiro atoms. The number of nitrogens with one attached hydrogen (secondary N) is 1. The molecule has 2 rings (SSSR count). The van der Waals surface area contributed by atoms with Gasteiger partial charge in [-0.3, -0.25) is 0 Å². The molecule has 0 bridgehead atoms. The Morgan fingerprint density at radius 2 is 2.11 bits per heavy atom. The molecule has 0 amide bonds. The number of benzene rings is 1. The van der Waals surface area contributed by atoms with Crippen LogP contribution in [0.4, 0.5) is 4.39 Å². The standard InChI is InChI=1S/C15H22FNO.ClH/c1-10(2)18-12-4-5-14(15(16)8-12)13-6-7-17-9-11(13)3;/h4-5,8,10-11,13,17H,6-7,9H2,1-3H3;1H/t11-,13+;/m1./s1. The van der Waals surface area contributed by atoms with E-state index >= 15 is 0 Å². The van der Waals surface area contributed by atoms with Crippen LogP contribution < -0.4 is 10.1 Å². The highest BCUT2D eigenvalue weighted by molar-refractivity contribution is 5.85. The smallest absolute Gasteiger partial charge is 0.130 e. The number of hydrogen-bond acceptors (Lipinski definition) is 2. The number of piperidine rings is 1. The zero-order valence-corrected chi connectivity index (χ0v) is 12.6. The molecule has 0 saturated carbocycles. The van der Waals surface area contributed by atoms with Crippen LogP contribution in [0.2, 0.25) is 0 Å². The largest absolute Gasteiger partial charge is 0.491 e. The van der Waals surface area contributed by atoms with Crippen LogP contribution in [0.1, 0.15) is 38.7 Å². The van der Waals surface area contributed by atoms with Crippen molar-refractivity contribution in [2.24, 2.45) is 5.92 Å². The normalized spacial score (nSPS) is 23.0. The molecule has 1 N–H and O–H groups in total. The molecule has 1 heterocycles. The lowest BCUT2D eigenvalue weighted by molar-refractivity contribution is 0.241. The van der Waals surface area contributed by atoms with Crippen LogP contribution in [-0.2, 0) is 0 Å². The third-order valence-electron chi connectivity index (χ3n) is 3.53. The van der Waals surface area contributed by atoms with Gasteiger partial charge >= 0.3 is 0 Å². The highest BCUT2D eigenvalue weighted by Crippen LogP contribution is 2.33. The third kappa shape index (κ3) is 4.08. The van der Waals surface area contributed by atoms with Gasteiger partial charge in [0.25, 0.3) is 0 Å². The lowest BCUT2D eigenvalue weighted by Crippen LogP contribution is -2.34. The lowest BCUT2D eigenvalue weighted by Gasteiger charge is -2.30. The Morgan fingerprint density at radius 3 is 2.68 bits per heavy atom. The van der Waals surface area contributed by atoms with Gasteiger partial charge in [-0.15, -0.1) is 12.4 Å². The average molecular weight is 288 g/mol. The molecule has 19 heavy (non-hydrogen) atoms. The van der Waals surface area contributed by atoms with Crippen molar-refractivity contribution < 1.29 is 9.13 Å². The van der Waals surface area contributed by atoms with Crippen molar-refractivity contribution in [3.05, 3.63) is 29.6 Å². The van der Waals surface area contributed by atoms with Crippen molar-refractivity contribution in [2.75, 3.05) is 13.1 Å². The summed E-state index contributed by atoms with van der Waals surface area (Å²) < 4.78 is 19.7. The second-order valence-electron chi connectivity index (χ2n) is 5.43. The van der Waals surface area contributed by atoms with Crippen LogP contribution in [0.5, 0.6) is 5.75 Å². The summed E-state index contributed by atoms with van der Waals surface area (Å²) in [5, 5.41) is 3.34. The number of rotatable bonds is 3. The predicted octanol–water partition coefficient (Wildman–Crippen LogP) is 3.75. The molecule has 0 aliphatic carbocycles. The summed E-state index contributed by atoms with van der Waals surface area (Å²) >= 11 is 0. The Labute approximate surface area is 121 Å². The minimum Gasteiger partial charge on any atom is -0.491 e. The van der Waals surface area contributed by atoms with E-state index in [0.717, 1.165) is 25.1 Å². The van der Waals surface area contributed by atoms with Gasteiger partial charge in [0.2, 0.25) is 0 Å². The van der Waals surface area contributed by atoms with Gasteiger partial charge in [0.15, 0.2) is 0 Å². The van der Waals surface area contributed by atoms with Gasteiger partial charge < -0.3 is 10.1 Å². The SMILES string of the molecule is CC(C)Oc1ccc([C@H]2CCNC[C@H]2C)c(F)c1.Cl. The molecule has 0 unspecified atom stereocenters. The Kier molecular flexibility index (Phi) is 6.08. The zero-order valence-electron chi connectivity index (χ0n) is 11.8. The Balaban J connectivity index is 0.00000180. The summed E-state index contributed by atoms with van der Waals surface area (Å²) in [6, 6.07) is 5.29. The first-order chi connectivity index (χ1) is 8.58. The molecular weight excluding hydrogens is 265 g/mol. The van der Waals surface area contributed by atoms with Crippen molar-refractivity contribution in [3.63, 3.8) is 0 Å². The molecule has 0 aromatic heterocycles. The van der Waals surface area contributed by atoms with E-state index in [2.05, 4.69) is 12.2 Å². The van der Waals surface area contributed by atoms with Crippen LogP contribution in [0.3, 0.4) is 0 Å². The summed E-state index contributed by atoms with van der Waals surface area (Å²) in [5.74, 6) is 1.28. The number of halogens is 2.